The molecule has 1 atom stereocenters. The molecule has 0 aliphatic carbocycles. The first kappa shape index (κ1) is 19.3. The van der Waals surface area contributed by atoms with Crippen molar-refractivity contribution in [2.45, 2.75) is 19.9 Å². The Morgan fingerprint density at radius 3 is 2.11 bits per heavy atom. The van der Waals surface area contributed by atoms with Gasteiger partial charge in [-0.05, 0) is 57.8 Å². The van der Waals surface area contributed by atoms with Gasteiger partial charge < -0.3 is 9.80 Å². The van der Waals surface area contributed by atoms with Gasteiger partial charge in [0.05, 0.1) is 0 Å². The molecule has 0 saturated carbocycles. The summed E-state index contributed by atoms with van der Waals surface area (Å²) in [5.41, 5.74) is 3.99. The van der Waals surface area contributed by atoms with E-state index in [9.17, 15) is 9.18 Å². The standard InChI is InChI=1S/C21H27FN4O/c1-15-13-19(14-16(2)23-15)25-9-11-26(12-10-25)21(27)20(24(3)4)17-5-7-18(22)8-6-17/h5-8,13-14,20H,9-12H2,1-4H3/t20-/m1/s1. The van der Waals surface area contributed by atoms with Crippen molar-refractivity contribution in [3.8, 4) is 0 Å². The molecule has 1 aromatic heterocycles. The van der Waals surface area contributed by atoms with Crippen LogP contribution in [-0.2, 0) is 4.79 Å². The number of rotatable bonds is 4. The van der Waals surface area contributed by atoms with Gasteiger partial charge in [0, 0.05) is 43.3 Å². The van der Waals surface area contributed by atoms with Crippen molar-refractivity contribution in [3.63, 3.8) is 0 Å². The average Bonchev–Trinajstić information content (AvgIpc) is 2.62. The molecule has 0 N–H and O–H groups in total. The second-order valence-electron chi connectivity index (χ2n) is 7.34. The van der Waals surface area contributed by atoms with Gasteiger partial charge in [0.15, 0.2) is 0 Å². The second kappa shape index (κ2) is 8.05. The summed E-state index contributed by atoms with van der Waals surface area (Å²) in [6.45, 7) is 6.92. The Bertz CT molecular complexity index is 778. The first-order valence-electron chi connectivity index (χ1n) is 9.26. The summed E-state index contributed by atoms with van der Waals surface area (Å²) in [5, 5.41) is 0. The van der Waals surface area contributed by atoms with E-state index in [1.807, 2.05) is 37.7 Å². The Morgan fingerprint density at radius 1 is 1.04 bits per heavy atom. The fourth-order valence-corrected chi connectivity index (χ4v) is 3.66. The van der Waals surface area contributed by atoms with Crippen LogP contribution in [-0.4, -0.2) is 61.0 Å². The average molecular weight is 370 g/mol. The van der Waals surface area contributed by atoms with Crippen molar-refractivity contribution in [2.24, 2.45) is 0 Å². The number of halogens is 1. The van der Waals surface area contributed by atoms with Crippen molar-refractivity contribution in [1.82, 2.24) is 14.8 Å². The lowest BCUT2D eigenvalue weighted by atomic mass is 10.0. The van der Waals surface area contributed by atoms with Crippen LogP contribution in [0.15, 0.2) is 36.4 Å². The molecule has 1 aliphatic rings. The molecule has 1 fully saturated rings. The van der Waals surface area contributed by atoms with Crippen molar-refractivity contribution in [3.05, 3.63) is 59.2 Å². The van der Waals surface area contributed by atoms with E-state index in [0.717, 1.165) is 35.7 Å². The summed E-state index contributed by atoms with van der Waals surface area (Å²) in [4.78, 5) is 23.7. The SMILES string of the molecule is Cc1cc(N2CCN(C(=O)[C@@H](c3ccc(F)cc3)N(C)C)CC2)cc(C)n1. The number of hydrogen-bond acceptors (Lipinski definition) is 4. The van der Waals surface area contributed by atoms with E-state index < -0.39 is 6.04 Å². The third-order valence-electron chi connectivity index (χ3n) is 4.96. The Hall–Kier alpha value is -2.47. The summed E-state index contributed by atoms with van der Waals surface area (Å²) in [7, 11) is 3.76. The van der Waals surface area contributed by atoms with Gasteiger partial charge in [-0.25, -0.2) is 4.39 Å². The van der Waals surface area contributed by atoms with E-state index in [1.165, 1.54) is 12.1 Å². The van der Waals surface area contributed by atoms with Crippen LogP contribution in [0.2, 0.25) is 0 Å². The lowest BCUT2D eigenvalue weighted by Crippen LogP contribution is -2.51. The number of anilines is 1. The van der Waals surface area contributed by atoms with Crippen LogP contribution in [0.1, 0.15) is 23.0 Å². The zero-order chi connectivity index (χ0) is 19.6. The molecule has 2 aromatic rings. The number of nitrogens with zero attached hydrogens (tertiary/aromatic N) is 4. The minimum Gasteiger partial charge on any atom is -0.368 e. The number of benzene rings is 1. The van der Waals surface area contributed by atoms with Crippen molar-refractivity contribution in [2.75, 3.05) is 45.2 Å². The molecule has 2 heterocycles. The summed E-state index contributed by atoms with van der Waals surface area (Å²) in [6.07, 6.45) is 0. The van der Waals surface area contributed by atoms with Crippen LogP contribution < -0.4 is 4.90 Å². The van der Waals surface area contributed by atoms with Crippen LogP contribution in [0.3, 0.4) is 0 Å². The molecule has 5 nitrogen and oxygen atoms in total. The molecule has 1 amide bonds. The predicted molar refractivity (Wildman–Crippen MR) is 105 cm³/mol. The molecule has 0 radical (unpaired) electrons. The monoisotopic (exact) mass is 370 g/mol. The van der Waals surface area contributed by atoms with E-state index in [0.29, 0.717) is 13.1 Å². The molecule has 27 heavy (non-hydrogen) atoms. The van der Waals surface area contributed by atoms with Gasteiger partial charge in [0.25, 0.3) is 0 Å². The molecule has 1 saturated heterocycles. The molecular weight excluding hydrogens is 343 g/mol. The summed E-state index contributed by atoms with van der Waals surface area (Å²) in [6, 6.07) is 9.98. The van der Waals surface area contributed by atoms with Gasteiger partial charge in [0.1, 0.15) is 11.9 Å². The highest BCUT2D eigenvalue weighted by Crippen LogP contribution is 2.24. The molecule has 0 spiro atoms. The Balaban J connectivity index is 1.70. The Labute approximate surface area is 160 Å². The highest BCUT2D eigenvalue weighted by molar-refractivity contribution is 5.83. The summed E-state index contributed by atoms with van der Waals surface area (Å²) < 4.78 is 13.2. The van der Waals surface area contributed by atoms with Crippen LogP contribution in [0.25, 0.3) is 0 Å². The quantitative estimate of drug-likeness (QED) is 0.830. The normalized spacial score (nSPS) is 15.9. The number of hydrogen-bond donors (Lipinski definition) is 0. The van der Waals surface area contributed by atoms with E-state index in [2.05, 4.69) is 22.0 Å². The first-order valence-corrected chi connectivity index (χ1v) is 9.26. The number of piperazine rings is 1. The van der Waals surface area contributed by atoms with E-state index >= 15 is 0 Å². The first-order chi connectivity index (χ1) is 12.8. The zero-order valence-electron chi connectivity index (χ0n) is 16.4. The number of carbonyl (C=O) groups excluding carboxylic acids is 1. The fourth-order valence-electron chi connectivity index (χ4n) is 3.66. The molecule has 1 aliphatic heterocycles. The van der Waals surface area contributed by atoms with Gasteiger partial charge in [-0.1, -0.05) is 12.1 Å². The maximum absolute atomic E-state index is 13.2. The number of carbonyl (C=O) groups is 1. The lowest BCUT2D eigenvalue weighted by Gasteiger charge is -2.38. The molecule has 144 valence electrons. The molecule has 0 unspecified atom stereocenters. The number of pyridine rings is 1. The van der Waals surface area contributed by atoms with Crippen LogP contribution in [0.4, 0.5) is 10.1 Å². The van der Waals surface area contributed by atoms with Crippen molar-refractivity contribution in [1.29, 1.82) is 0 Å². The second-order valence-corrected chi connectivity index (χ2v) is 7.34. The maximum Gasteiger partial charge on any atom is 0.244 e. The largest absolute Gasteiger partial charge is 0.368 e. The number of likely N-dealkylation sites (N-methyl/N-ethyl adjacent to an activating group) is 1. The topological polar surface area (TPSA) is 39.7 Å². The number of amides is 1. The van der Waals surface area contributed by atoms with Crippen molar-refractivity contribution >= 4 is 11.6 Å². The molecule has 6 heteroatoms. The third-order valence-corrected chi connectivity index (χ3v) is 4.96. The highest BCUT2D eigenvalue weighted by Gasteiger charge is 2.30. The van der Waals surface area contributed by atoms with Gasteiger partial charge in [-0.3, -0.25) is 14.7 Å². The van der Waals surface area contributed by atoms with Gasteiger partial charge in [-0.2, -0.15) is 0 Å². The summed E-state index contributed by atoms with van der Waals surface area (Å²) >= 11 is 0. The van der Waals surface area contributed by atoms with Gasteiger partial charge >= 0.3 is 0 Å². The number of aryl methyl sites for hydroxylation is 2. The zero-order valence-corrected chi connectivity index (χ0v) is 16.4. The molecule has 3 rings (SSSR count). The smallest absolute Gasteiger partial charge is 0.244 e. The van der Waals surface area contributed by atoms with E-state index in [-0.39, 0.29) is 11.7 Å². The minimum atomic E-state index is -0.400. The van der Waals surface area contributed by atoms with Crippen LogP contribution in [0.5, 0.6) is 0 Å². The molecule has 0 bridgehead atoms. The predicted octanol–water partition coefficient (Wildman–Crippen LogP) is 2.79. The van der Waals surface area contributed by atoms with Gasteiger partial charge in [0.2, 0.25) is 5.91 Å². The number of aromatic nitrogens is 1. The van der Waals surface area contributed by atoms with Crippen LogP contribution in [0, 0.1) is 19.7 Å². The Morgan fingerprint density at radius 2 is 1.59 bits per heavy atom. The fraction of sp³-hybridized carbons (Fsp3) is 0.429. The van der Waals surface area contributed by atoms with Crippen molar-refractivity contribution < 1.29 is 9.18 Å². The van der Waals surface area contributed by atoms with Gasteiger partial charge in [-0.15, -0.1) is 0 Å². The summed E-state index contributed by atoms with van der Waals surface area (Å²) in [5.74, 6) is -0.228. The molecular formula is C21H27FN4O. The van der Waals surface area contributed by atoms with E-state index in [4.69, 9.17) is 0 Å². The van der Waals surface area contributed by atoms with Crippen LogP contribution >= 0.6 is 0 Å². The van der Waals surface area contributed by atoms with E-state index in [1.54, 1.807) is 12.1 Å². The third kappa shape index (κ3) is 4.45. The Kier molecular flexibility index (Phi) is 5.75. The highest BCUT2D eigenvalue weighted by atomic mass is 19.1. The lowest BCUT2D eigenvalue weighted by molar-refractivity contribution is -0.136. The minimum absolute atomic E-state index is 0.0633. The maximum atomic E-state index is 13.2. The molecule has 1 aromatic carbocycles.